The number of rotatable bonds is 7. The summed E-state index contributed by atoms with van der Waals surface area (Å²) in [6.45, 7) is 0.947. The molecule has 0 heterocycles. The molecule has 124 valence electrons. The van der Waals surface area contributed by atoms with Gasteiger partial charge in [-0.05, 0) is 42.4 Å². The van der Waals surface area contributed by atoms with Gasteiger partial charge in [-0.2, -0.15) is 5.26 Å². The van der Waals surface area contributed by atoms with Gasteiger partial charge in [0.05, 0.1) is 26.1 Å². The molecule has 2 aromatic rings. The fraction of sp³-hybridized carbons (Fsp3) is 0.263. The van der Waals surface area contributed by atoms with Gasteiger partial charge in [0.25, 0.3) is 0 Å². The van der Waals surface area contributed by atoms with Crippen LogP contribution in [0.25, 0.3) is 0 Å². The number of carbonyl (C=O) groups is 1. The molecule has 0 fully saturated rings. The van der Waals surface area contributed by atoms with E-state index in [0.717, 1.165) is 22.6 Å². The number of nitrogens with one attached hydrogen (secondary N) is 1. The lowest BCUT2D eigenvalue weighted by molar-refractivity contribution is -0.117. The quantitative estimate of drug-likeness (QED) is 0.851. The molecule has 0 saturated carbocycles. The highest BCUT2D eigenvalue weighted by atomic mass is 16.5. The predicted octanol–water partition coefficient (Wildman–Crippen LogP) is 2.83. The van der Waals surface area contributed by atoms with Crippen molar-refractivity contribution in [2.24, 2.45) is 0 Å². The minimum atomic E-state index is -0.0755. The SMILES string of the molecule is COc1cccc(CN(C)CC(=O)Nc2ccc(CC#N)cc2)c1. The summed E-state index contributed by atoms with van der Waals surface area (Å²) in [6, 6.07) is 17.2. The molecule has 0 unspecified atom stereocenters. The lowest BCUT2D eigenvalue weighted by Gasteiger charge is -2.17. The molecule has 1 amide bonds. The van der Waals surface area contributed by atoms with Crippen LogP contribution in [0.4, 0.5) is 5.69 Å². The normalized spacial score (nSPS) is 10.2. The number of nitrogens with zero attached hydrogens (tertiary/aromatic N) is 2. The summed E-state index contributed by atoms with van der Waals surface area (Å²) < 4.78 is 5.21. The van der Waals surface area contributed by atoms with Crippen LogP contribution in [0.15, 0.2) is 48.5 Å². The summed E-state index contributed by atoms with van der Waals surface area (Å²) in [5, 5.41) is 11.5. The Bertz CT molecular complexity index is 720. The van der Waals surface area contributed by atoms with Gasteiger partial charge in [0.15, 0.2) is 0 Å². The molecule has 5 nitrogen and oxygen atoms in total. The Morgan fingerprint density at radius 3 is 2.62 bits per heavy atom. The van der Waals surface area contributed by atoms with E-state index in [0.29, 0.717) is 13.0 Å². The molecule has 0 radical (unpaired) electrons. The Balaban J connectivity index is 1.85. The Hall–Kier alpha value is -2.84. The number of anilines is 1. The van der Waals surface area contributed by atoms with E-state index in [1.165, 1.54) is 0 Å². The van der Waals surface area contributed by atoms with Crippen LogP contribution in [0.2, 0.25) is 0 Å². The zero-order chi connectivity index (χ0) is 17.4. The van der Waals surface area contributed by atoms with Gasteiger partial charge in [0, 0.05) is 12.2 Å². The number of likely N-dealkylation sites (N-methyl/N-ethyl adjacent to an activating group) is 1. The van der Waals surface area contributed by atoms with Gasteiger partial charge in [0.2, 0.25) is 5.91 Å². The molecule has 0 aliphatic heterocycles. The number of nitriles is 1. The average Bonchev–Trinajstić information content (AvgIpc) is 2.57. The highest BCUT2D eigenvalue weighted by Gasteiger charge is 2.08. The molecule has 0 atom stereocenters. The second kappa shape index (κ2) is 8.70. The van der Waals surface area contributed by atoms with Gasteiger partial charge in [-0.3, -0.25) is 9.69 Å². The summed E-state index contributed by atoms with van der Waals surface area (Å²) in [4.78, 5) is 14.1. The molecule has 0 aromatic heterocycles. The Morgan fingerprint density at radius 1 is 1.21 bits per heavy atom. The van der Waals surface area contributed by atoms with Crippen molar-refractivity contribution in [2.75, 3.05) is 26.0 Å². The van der Waals surface area contributed by atoms with Crippen molar-refractivity contribution in [3.63, 3.8) is 0 Å². The molecule has 0 spiro atoms. The van der Waals surface area contributed by atoms with Crippen molar-refractivity contribution >= 4 is 11.6 Å². The summed E-state index contributed by atoms with van der Waals surface area (Å²) >= 11 is 0. The van der Waals surface area contributed by atoms with Gasteiger partial charge < -0.3 is 10.1 Å². The first-order valence-corrected chi connectivity index (χ1v) is 7.68. The Morgan fingerprint density at radius 2 is 1.96 bits per heavy atom. The van der Waals surface area contributed by atoms with Crippen LogP contribution in [0.1, 0.15) is 11.1 Å². The van der Waals surface area contributed by atoms with E-state index in [9.17, 15) is 4.79 Å². The monoisotopic (exact) mass is 323 g/mol. The molecule has 5 heteroatoms. The van der Waals surface area contributed by atoms with Crippen LogP contribution in [0, 0.1) is 11.3 Å². The van der Waals surface area contributed by atoms with Gasteiger partial charge in [-0.15, -0.1) is 0 Å². The number of ether oxygens (including phenoxy) is 1. The highest BCUT2D eigenvalue weighted by Crippen LogP contribution is 2.14. The number of hydrogen-bond donors (Lipinski definition) is 1. The van der Waals surface area contributed by atoms with E-state index < -0.39 is 0 Å². The predicted molar refractivity (Wildman–Crippen MR) is 93.7 cm³/mol. The zero-order valence-corrected chi connectivity index (χ0v) is 14.0. The van der Waals surface area contributed by atoms with E-state index in [1.807, 2.05) is 60.5 Å². The fourth-order valence-corrected chi connectivity index (χ4v) is 2.38. The minimum absolute atomic E-state index is 0.0755. The third-order valence-electron chi connectivity index (χ3n) is 3.52. The Kier molecular flexibility index (Phi) is 6.35. The molecular weight excluding hydrogens is 302 g/mol. The van der Waals surface area contributed by atoms with E-state index in [4.69, 9.17) is 10.00 Å². The van der Waals surface area contributed by atoms with Crippen LogP contribution < -0.4 is 10.1 Å². The van der Waals surface area contributed by atoms with Crippen molar-refractivity contribution in [2.45, 2.75) is 13.0 Å². The molecular formula is C19H21N3O2. The minimum Gasteiger partial charge on any atom is -0.497 e. The largest absolute Gasteiger partial charge is 0.497 e. The summed E-state index contributed by atoms with van der Waals surface area (Å²) in [7, 11) is 3.53. The number of methoxy groups -OCH3 is 1. The standard InChI is InChI=1S/C19H21N3O2/c1-22(13-16-4-3-5-18(12-16)24-2)14-19(23)21-17-8-6-15(7-9-17)10-11-20/h3-9,12H,10,13-14H2,1-2H3,(H,21,23). The second-order valence-electron chi connectivity index (χ2n) is 5.60. The van der Waals surface area contributed by atoms with Gasteiger partial charge in [-0.25, -0.2) is 0 Å². The van der Waals surface area contributed by atoms with E-state index in [2.05, 4.69) is 11.4 Å². The summed E-state index contributed by atoms with van der Waals surface area (Å²) in [5.41, 5.74) is 2.76. The molecule has 1 N–H and O–H groups in total. The fourth-order valence-electron chi connectivity index (χ4n) is 2.38. The maximum atomic E-state index is 12.1. The van der Waals surface area contributed by atoms with Gasteiger partial charge >= 0.3 is 0 Å². The first-order valence-electron chi connectivity index (χ1n) is 7.68. The summed E-state index contributed by atoms with van der Waals surface area (Å²) in [6.07, 6.45) is 0.373. The molecule has 2 rings (SSSR count). The van der Waals surface area contributed by atoms with E-state index >= 15 is 0 Å². The van der Waals surface area contributed by atoms with Crippen molar-refractivity contribution < 1.29 is 9.53 Å². The third kappa shape index (κ3) is 5.41. The van der Waals surface area contributed by atoms with Crippen molar-refractivity contribution in [1.29, 1.82) is 5.26 Å². The highest BCUT2D eigenvalue weighted by molar-refractivity contribution is 5.92. The number of hydrogen-bond acceptors (Lipinski definition) is 4. The van der Waals surface area contributed by atoms with Crippen LogP contribution in [-0.2, 0) is 17.8 Å². The lowest BCUT2D eigenvalue weighted by atomic mass is 10.1. The second-order valence-corrected chi connectivity index (χ2v) is 5.60. The molecule has 0 bridgehead atoms. The van der Waals surface area contributed by atoms with Crippen molar-refractivity contribution in [3.8, 4) is 11.8 Å². The van der Waals surface area contributed by atoms with Crippen LogP contribution in [0.5, 0.6) is 5.75 Å². The molecule has 24 heavy (non-hydrogen) atoms. The number of benzene rings is 2. The van der Waals surface area contributed by atoms with Gasteiger partial charge in [-0.1, -0.05) is 24.3 Å². The van der Waals surface area contributed by atoms with Gasteiger partial charge in [0.1, 0.15) is 5.75 Å². The molecule has 2 aromatic carbocycles. The summed E-state index contributed by atoms with van der Waals surface area (Å²) in [5.74, 6) is 0.733. The van der Waals surface area contributed by atoms with Crippen LogP contribution in [-0.4, -0.2) is 31.5 Å². The smallest absolute Gasteiger partial charge is 0.238 e. The Labute approximate surface area is 142 Å². The topological polar surface area (TPSA) is 65.4 Å². The van der Waals surface area contributed by atoms with Crippen molar-refractivity contribution in [1.82, 2.24) is 4.90 Å². The van der Waals surface area contributed by atoms with Crippen LogP contribution in [0.3, 0.4) is 0 Å². The first-order chi connectivity index (χ1) is 11.6. The third-order valence-corrected chi connectivity index (χ3v) is 3.52. The van der Waals surface area contributed by atoms with E-state index in [-0.39, 0.29) is 12.5 Å². The molecule has 0 aliphatic carbocycles. The number of carbonyl (C=O) groups excluding carboxylic acids is 1. The van der Waals surface area contributed by atoms with Crippen molar-refractivity contribution in [3.05, 3.63) is 59.7 Å². The zero-order valence-electron chi connectivity index (χ0n) is 14.0. The first kappa shape index (κ1) is 17.5. The maximum absolute atomic E-state index is 12.1. The lowest BCUT2D eigenvalue weighted by Crippen LogP contribution is -2.29. The van der Waals surface area contributed by atoms with Crippen LogP contribution >= 0.6 is 0 Å². The number of amides is 1. The average molecular weight is 323 g/mol. The molecule has 0 saturated heterocycles. The van der Waals surface area contributed by atoms with E-state index in [1.54, 1.807) is 7.11 Å². The maximum Gasteiger partial charge on any atom is 0.238 e. The molecule has 0 aliphatic rings.